The summed E-state index contributed by atoms with van der Waals surface area (Å²) < 4.78 is 6.64. The highest BCUT2D eigenvalue weighted by Crippen LogP contribution is 2.43. The number of alkyl halides is 1. The molecule has 0 radical (unpaired) electrons. The van der Waals surface area contributed by atoms with Gasteiger partial charge in [-0.2, -0.15) is 0 Å². The van der Waals surface area contributed by atoms with Crippen molar-refractivity contribution in [3.8, 4) is 5.75 Å². The number of rotatable bonds is 6. The van der Waals surface area contributed by atoms with Crippen LogP contribution in [0.1, 0.15) is 42.1 Å². The second-order valence-corrected chi connectivity index (χ2v) is 6.78. The van der Waals surface area contributed by atoms with Crippen LogP contribution < -0.4 is 4.74 Å². The summed E-state index contributed by atoms with van der Waals surface area (Å²) in [6.07, 6.45) is 1.08. The molecule has 21 heavy (non-hydrogen) atoms. The van der Waals surface area contributed by atoms with Crippen LogP contribution in [0.3, 0.4) is 0 Å². The van der Waals surface area contributed by atoms with E-state index >= 15 is 0 Å². The van der Waals surface area contributed by atoms with Crippen molar-refractivity contribution in [1.29, 1.82) is 0 Å². The van der Waals surface area contributed by atoms with Gasteiger partial charge < -0.3 is 4.74 Å². The SMILES string of the molecule is CCOc1ccc(C(Br)C(CC)c2ccccc2)c(Br)c1. The maximum Gasteiger partial charge on any atom is 0.120 e. The van der Waals surface area contributed by atoms with Crippen molar-refractivity contribution in [2.24, 2.45) is 0 Å². The molecule has 2 unspecified atom stereocenters. The first-order chi connectivity index (χ1) is 10.2. The van der Waals surface area contributed by atoms with Gasteiger partial charge >= 0.3 is 0 Å². The minimum Gasteiger partial charge on any atom is -0.494 e. The lowest BCUT2D eigenvalue weighted by Gasteiger charge is -2.23. The maximum atomic E-state index is 5.55. The van der Waals surface area contributed by atoms with Crippen LogP contribution in [-0.4, -0.2) is 6.61 Å². The monoisotopic (exact) mass is 410 g/mol. The highest BCUT2D eigenvalue weighted by molar-refractivity contribution is 9.11. The summed E-state index contributed by atoms with van der Waals surface area (Å²) in [5, 5.41) is 0. The van der Waals surface area contributed by atoms with Gasteiger partial charge in [0.05, 0.1) is 6.61 Å². The Hall–Kier alpha value is -0.800. The van der Waals surface area contributed by atoms with Gasteiger partial charge in [0, 0.05) is 15.2 Å². The molecule has 0 bridgehead atoms. The molecule has 2 aromatic carbocycles. The molecule has 3 heteroatoms. The quantitative estimate of drug-likeness (QED) is 0.494. The Balaban J connectivity index is 2.27. The summed E-state index contributed by atoms with van der Waals surface area (Å²) in [6, 6.07) is 16.9. The van der Waals surface area contributed by atoms with Crippen LogP contribution in [-0.2, 0) is 0 Å². The Labute approximate surface area is 144 Å². The number of hydrogen-bond donors (Lipinski definition) is 0. The standard InChI is InChI=1S/C18H20Br2O/c1-3-15(13-8-6-5-7-9-13)18(20)16-11-10-14(21-4-2)12-17(16)19/h5-12,15,18H,3-4H2,1-2H3. The van der Waals surface area contributed by atoms with Crippen molar-refractivity contribution in [2.75, 3.05) is 6.61 Å². The minimum absolute atomic E-state index is 0.273. The van der Waals surface area contributed by atoms with Crippen LogP contribution >= 0.6 is 31.9 Å². The summed E-state index contributed by atoms with van der Waals surface area (Å²) in [5.41, 5.74) is 2.62. The van der Waals surface area contributed by atoms with Gasteiger partial charge in [0.25, 0.3) is 0 Å². The third-order valence-corrected chi connectivity index (χ3v) is 5.42. The summed E-state index contributed by atoms with van der Waals surface area (Å²) in [7, 11) is 0. The van der Waals surface area contributed by atoms with Crippen LogP contribution in [0.4, 0.5) is 0 Å². The third kappa shape index (κ3) is 4.10. The van der Waals surface area contributed by atoms with Gasteiger partial charge in [0.15, 0.2) is 0 Å². The van der Waals surface area contributed by atoms with E-state index in [-0.39, 0.29) is 4.83 Å². The van der Waals surface area contributed by atoms with E-state index in [9.17, 15) is 0 Å². The van der Waals surface area contributed by atoms with Crippen LogP contribution in [0, 0.1) is 0 Å². The molecule has 0 amide bonds. The largest absolute Gasteiger partial charge is 0.494 e. The Kier molecular flexibility index (Phi) is 6.31. The molecule has 2 aromatic rings. The summed E-state index contributed by atoms with van der Waals surface area (Å²) >= 11 is 7.57. The van der Waals surface area contributed by atoms with Gasteiger partial charge in [-0.25, -0.2) is 0 Å². The van der Waals surface area contributed by atoms with E-state index in [0.717, 1.165) is 16.6 Å². The Morgan fingerprint density at radius 3 is 2.33 bits per heavy atom. The first-order valence-corrected chi connectivity index (χ1v) is 8.99. The van der Waals surface area contributed by atoms with E-state index < -0.39 is 0 Å². The smallest absolute Gasteiger partial charge is 0.120 e. The van der Waals surface area contributed by atoms with Gasteiger partial charge in [0.1, 0.15) is 5.75 Å². The van der Waals surface area contributed by atoms with Crippen molar-refractivity contribution in [2.45, 2.75) is 31.0 Å². The zero-order valence-electron chi connectivity index (χ0n) is 12.4. The molecular weight excluding hydrogens is 392 g/mol. The molecule has 0 spiro atoms. The van der Waals surface area contributed by atoms with E-state index in [1.54, 1.807) is 0 Å². The molecule has 2 rings (SSSR count). The van der Waals surface area contributed by atoms with Gasteiger partial charge in [0.2, 0.25) is 0 Å². The van der Waals surface area contributed by atoms with Crippen molar-refractivity contribution in [1.82, 2.24) is 0 Å². The molecule has 0 aromatic heterocycles. The lowest BCUT2D eigenvalue weighted by Crippen LogP contribution is -2.06. The van der Waals surface area contributed by atoms with Crippen LogP contribution in [0.5, 0.6) is 5.75 Å². The molecule has 0 aliphatic heterocycles. The molecule has 0 N–H and O–H groups in total. The van der Waals surface area contributed by atoms with Crippen LogP contribution in [0.15, 0.2) is 53.0 Å². The van der Waals surface area contributed by atoms with Crippen molar-refractivity contribution >= 4 is 31.9 Å². The predicted octanol–water partition coefficient (Wildman–Crippen LogP) is 6.48. The zero-order valence-corrected chi connectivity index (χ0v) is 15.5. The number of halogens is 2. The molecule has 0 aliphatic rings. The summed E-state index contributed by atoms with van der Waals surface area (Å²) in [5.74, 6) is 1.35. The molecule has 2 atom stereocenters. The summed E-state index contributed by atoms with van der Waals surface area (Å²) in [4.78, 5) is 0.273. The predicted molar refractivity (Wildman–Crippen MR) is 96.5 cm³/mol. The Morgan fingerprint density at radius 2 is 1.76 bits per heavy atom. The Morgan fingerprint density at radius 1 is 1.05 bits per heavy atom. The molecule has 0 aliphatic carbocycles. The molecule has 0 fully saturated rings. The second-order valence-electron chi connectivity index (χ2n) is 4.94. The lowest BCUT2D eigenvalue weighted by molar-refractivity contribution is 0.340. The fourth-order valence-corrected chi connectivity index (χ4v) is 4.51. The van der Waals surface area contributed by atoms with E-state index in [1.807, 2.05) is 19.1 Å². The molecule has 0 saturated heterocycles. The number of hydrogen-bond acceptors (Lipinski definition) is 1. The van der Waals surface area contributed by atoms with Gasteiger partial charge in [-0.3, -0.25) is 0 Å². The molecule has 1 nitrogen and oxygen atoms in total. The molecule has 112 valence electrons. The lowest BCUT2D eigenvalue weighted by atomic mass is 9.90. The van der Waals surface area contributed by atoms with E-state index in [0.29, 0.717) is 12.5 Å². The molecule has 0 saturated carbocycles. The number of benzene rings is 2. The normalized spacial score (nSPS) is 13.7. The highest BCUT2D eigenvalue weighted by atomic mass is 79.9. The van der Waals surface area contributed by atoms with Crippen molar-refractivity contribution in [3.05, 3.63) is 64.1 Å². The fourth-order valence-electron chi connectivity index (χ4n) is 2.52. The topological polar surface area (TPSA) is 9.23 Å². The average Bonchev–Trinajstić information content (AvgIpc) is 2.49. The maximum absolute atomic E-state index is 5.55. The second kappa shape index (κ2) is 8.00. The minimum atomic E-state index is 0.273. The van der Waals surface area contributed by atoms with E-state index in [1.165, 1.54) is 11.1 Å². The van der Waals surface area contributed by atoms with Gasteiger partial charge in [-0.05, 0) is 36.6 Å². The zero-order chi connectivity index (χ0) is 15.2. The van der Waals surface area contributed by atoms with Crippen molar-refractivity contribution < 1.29 is 4.74 Å². The third-order valence-electron chi connectivity index (χ3n) is 3.60. The fraction of sp³-hybridized carbons (Fsp3) is 0.333. The van der Waals surface area contributed by atoms with Crippen molar-refractivity contribution in [3.63, 3.8) is 0 Å². The Bertz CT molecular complexity index is 569. The molecule has 0 heterocycles. The van der Waals surface area contributed by atoms with Crippen LogP contribution in [0.2, 0.25) is 0 Å². The highest BCUT2D eigenvalue weighted by Gasteiger charge is 2.22. The van der Waals surface area contributed by atoms with E-state index in [2.05, 4.69) is 75.2 Å². The molecular formula is C18H20Br2O. The summed E-state index contributed by atoms with van der Waals surface area (Å²) in [6.45, 7) is 4.91. The first-order valence-electron chi connectivity index (χ1n) is 7.28. The average molecular weight is 412 g/mol. The van der Waals surface area contributed by atoms with Gasteiger partial charge in [-0.15, -0.1) is 0 Å². The van der Waals surface area contributed by atoms with Crippen LogP contribution in [0.25, 0.3) is 0 Å². The van der Waals surface area contributed by atoms with E-state index in [4.69, 9.17) is 4.74 Å². The number of ether oxygens (including phenoxy) is 1. The van der Waals surface area contributed by atoms with Gasteiger partial charge in [-0.1, -0.05) is 75.2 Å². The first kappa shape index (κ1) is 16.6.